The van der Waals surface area contributed by atoms with Crippen molar-refractivity contribution in [3.63, 3.8) is 0 Å². The van der Waals surface area contributed by atoms with Gasteiger partial charge in [-0.1, -0.05) is 26.0 Å². The van der Waals surface area contributed by atoms with Gasteiger partial charge in [0.15, 0.2) is 0 Å². The van der Waals surface area contributed by atoms with Gasteiger partial charge in [-0.3, -0.25) is 9.59 Å². The van der Waals surface area contributed by atoms with Crippen molar-refractivity contribution in [3.05, 3.63) is 35.6 Å². The molecule has 0 spiro atoms. The first kappa shape index (κ1) is 21.9. The van der Waals surface area contributed by atoms with Crippen LogP contribution in [0.15, 0.2) is 24.3 Å². The summed E-state index contributed by atoms with van der Waals surface area (Å²) in [6.45, 7) is 9.08. The Morgan fingerprint density at radius 1 is 1.25 bits per heavy atom. The summed E-state index contributed by atoms with van der Waals surface area (Å²) in [6, 6.07) is 5.00. The van der Waals surface area contributed by atoms with E-state index >= 15 is 0 Å². The van der Waals surface area contributed by atoms with Gasteiger partial charge in [-0.2, -0.15) is 0 Å². The second-order valence-corrected chi connectivity index (χ2v) is 10.8. The Balaban J connectivity index is 1.26. The third-order valence-corrected chi connectivity index (χ3v) is 8.70. The molecule has 0 radical (unpaired) electrons. The average Bonchev–Trinajstić information content (AvgIpc) is 3.36. The van der Waals surface area contributed by atoms with Crippen molar-refractivity contribution in [1.82, 2.24) is 10.2 Å². The highest BCUT2D eigenvalue weighted by atomic mass is 19.1. The molecule has 5 fully saturated rings. The number of carbonyl (C=O) groups excluding carboxylic acids is 2. The fourth-order valence-corrected chi connectivity index (χ4v) is 6.64. The minimum Gasteiger partial charge on any atom is -0.404 e. The molecule has 0 aromatic heterocycles. The van der Waals surface area contributed by atoms with Crippen LogP contribution in [0, 0.1) is 23.1 Å². The van der Waals surface area contributed by atoms with E-state index in [4.69, 9.17) is 9.31 Å². The maximum atomic E-state index is 13.9. The van der Waals surface area contributed by atoms with E-state index in [0.717, 1.165) is 19.3 Å². The van der Waals surface area contributed by atoms with E-state index in [2.05, 4.69) is 26.1 Å². The van der Waals surface area contributed by atoms with Crippen molar-refractivity contribution in [2.24, 2.45) is 17.3 Å². The highest BCUT2D eigenvalue weighted by molar-refractivity contribution is 6.48. The van der Waals surface area contributed by atoms with E-state index in [0.29, 0.717) is 18.4 Å². The van der Waals surface area contributed by atoms with Crippen LogP contribution < -0.4 is 5.32 Å². The Morgan fingerprint density at radius 2 is 2.00 bits per heavy atom. The first-order valence-electron chi connectivity index (χ1n) is 11.8. The van der Waals surface area contributed by atoms with E-state index in [1.807, 2.05) is 0 Å². The minimum atomic E-state index is -0.770. The van der Waals surface area contributed by atoms with Gasteiger partial charge < -0.3 is 19.5 Å². The maximum absolute atomic E-state index is 13.9. The molecule has 172 valence electrons. The molecule has 4 unspecified atom stereocenters. The Morgan fingerprint density at radius 3 is 2.72 bits per heavy atom. The molecule has 5 aliphatic rings. The fourth-order valence-electron chi connectivity index (χ4n) is 6.64. The standard InChI is InChI=1S/C24H32BFN2O4/c1-14(27-21(29)16-8-5-6-9-17(16)26)22(30)28-11-7-10-20(28)25-31-19-13-15-12-18(23(15,2)3)24(19,4)32-25/h5-6,8-9,14-15,18-20H,7,10-13H2,1-4H3,(H,27,29)/t14-,15?,18?,19?,20?,24+/m1/s1. The number of amides is 2. The van der Waals surface area contributed by atoms with Gasteiger partial charge in [0, 0.05) is 6.54 Å². The molecule has 3 saturated carbocycles. The minimum absolute atomic E-state index is 0.0637. The van der Waals surface area contributed by atoms with Gasteiger partial charge in [0.25, 0.3) is 5.91 Å². The quantitative estimate of drug-likeness (QED) is 0.728. The molecule has 3 aliphatic carbocycles. The zero-order valence-corrected chi connectivity index (χ0v) is 19.3. The molecule has 6 nitrogen and oxygen atoms in total. The molecular formula is C24H32BFN2O4. The van der Waals surface area contributed by atoms with Gasteiger partial charge in [-0.15, -0.1) is 0 Å². The summed E-state index contributed by atoms with van der Waals surface area (Å²) in [5.41, 5.74) is -0.114. The smallest absolute Gasteiger partial charge is 0.404 e. The molecule has 2 aliphatic heterocycles. The maximum Gasteiger partial charge on any atom is 0.481 e. The van der Waals surface area contributed by atoms with Gasteiger partial charge in [0.05, 0.1) is 23.2 Å². The number of halogens is 1. The average molecular weight is 442 g/mol. The summed E-state index contributed by atoms with van der Waals surface area (Å²) in [5, 5.41) is 2.65. The molecule has 2 bridgehead atoms. The lowest BCUT2D eigenvalue weighted by atomic mass is 9.43. The van der Waals surface area contributed by atoms with Crippen molar-refractivity contribution in [3.8, 4) is 0 Å². The second-order valence-electron chi connectivity index (χ2n) is 10.8. The van der Waals surface area contributed by atoms with Crippen LogP contribution in [0.3, 0.4) is 0 Å². The van der Waals surface area contributed by atoms with Crippen LogP contribution in [0.4, 0.5) is 4.39 Å². The molecule has 1 aromatic carbocycles. The number of nitrogens with one attached hydrogen (secondary N) is 1. The van der Waals surface area contributed by atoms with E-state index in [1.54, 1.807) is 17.9 Å². The number of hydrogen-bond donors (Lipinski definition) is 1. The van der Waals surface area contributed by atoms with Gasteiger partial charge in [-0.25, -0.2) is 4.39 Å². The van der Waals surface area contributed by atoms with Gasteiger partial charge >= 0.3 is 7.12 Å². The summed E-state index contributed by atoms with van der Waals surface area (Å²) in [4.78, 5) is 27.5. The summed E-state index contributed by atoms with van der Waals surface area (Å²) < 4.78 is 27.0. The summed E-state index contributed by atoms with van der Waals surface area (Å²) in [6.07, 6.45) is 3.94. The SMILES string of the molecule is C[C@@H](NC(=O)c1ccccc1F)C(=O)N1CCCC1B1OC2CC3CC(C3(C)C)[C@]2(C)O1. The first-order chi connectivity index (χ1) is 15.1. The molecular weight excluding hydrogens is 410 g/mol. The Hall–Kier alpha value is -1.93. The number of hydrogen-bond acceptors (Lipinski definition) is 4. The van der Waals surface area contributed by atoms with Crippen LogP contribution in [0.2, 0.25) is 0 Å². The molecule has 2 amide bonds. The number of nitrogens with zero attached hydrogens (tertiary/aromatic N) is 1. The molecule has 2 heterocycles. The van der Waals surface area contributed by atoms with E-state index in [9.17, 15) is 14.0 Å². The topological polar surface area (TPSA) is 67.9 Å². The van der Waals surface area contributed by atoms with Crippen LogP contribution >= 0.6 is 0 Å². The monoisotopic (exact) mass is 442 g/mol. The third kappa shape index (κ3) is 3.21. The molecule has 2 saturated heterocycles. The summed E-state index contributed by atoms with van der Waals surface area (Å²) >= 11 is 0. The van der Waals surface area contributed by atoms with Gasteiger partial charge in [-0.05, 0) is 68.9 Å². The Bertz CT molecular complexity index is 942. The molecule has 6 atom stereocenters. The molecule has 6 rings (SSSR count). The zero-order chi connectivity index (χ0) is 22.8. The van der Waals surface area contributed by atoms with Crippen LogP contribution in [0.5, 0.6) is 0 Å². The van der Waals surface area contributed by atoms with Crippen LogP contribution in [0.1, 0.15) is 63.7 Å². The summed E-state index contributed by atoms with van der Waals surface area (Å²) in [5.74, 6) is -0.412. The number of rotatable bonds is 4. The highest BCUT2D eigenvalue weighted by Gasteiger charge is 2.69. The van der Waals surface area contributed by atoms with Crippen molar-refractivity contribution >= 4 is 18.9 Å². The lowest BCUT2D eigenvalue weighted by molar-refractivity contribution is -0.199. The lowest BCUT2D eigenvalue weighted by Crippen LogP contribution is -2.65. The van der Waals surface area contributed by atoms with Gasteiger partial charge in [0.2, 0.25) is 5.91 Å². The molecule has 8 heteroatoms. The van der Waals surface area contributed by atoms with Crippen LogP contribution in [-0.2, 0) is 14.1 Å². The normalized spacial score (nSPS) is 35.8. The van der Waals surface area contributed by atoms with E-state index in [-0.39, 0.29) is 34.5 Å². The lowest BCUT2D eigenvalue weighted by Gasteiger charge is -2.64. The third-order valence-electron chi connectivity index (χ3n) is 8.70. The largest absolute Gasteiger partial charge is 0.481 e. The van der Waals surface area contributed by atoms with Crippen molar-refractivity contribution in [2.75, 3.05) is 6.54 Å². The fraction of sp³-hybridized carbons (Fsp3) is 0.667. The molecule has 1 aromatic rings. The number of benzene rings is 1. The second kappa shape index (κ2) is 7.56. The number of likely N-dealkylation sites (tertiary alicyclic amines) is 1. The predicted molar refractivity (Wildman–Crippen MR) is 118 cm³/mol. The Kier molecular flexibility index (Phi) is 5.17. The Labute approximate surface area is 189 Å². The summed E-state index contributed by atoms with van der Waals surface area (Å²) in [7, 11) is -0.443. The van der Waals surface area contributed by atoms with Crippen molar-refractivity contribution in [2.45, 2.75) is 77.1 Å². The zero-order valence-electron chi connectivity index (χ0n) is 19.3. The van der Waals surface area contributed by atoms with Crippen molar-refractivity contribution < 1.29 is 23.3 Å². The van der Waals surface area contributed by atoms with E-state index in [1.165, 1.54) is 24.6 Å². The van der Waals surface area contributed by atoms with E-state index < -0.39 is 24.9 Å². The first-order valence-corrected chi connectivity index (χ1v) is 11.8. The van der Waals surface area contributed by atoms with Gasteiger partial charge in [0.1, 0.15) is 11.9 Å². The molecule has 1 N–H and O–H groups in total. The highest BCUT2D eigenvalue weighted by Crippen LogP contribution is 2.65. The molecule has 32 heavy (non-hydrogen) atoms. The number of carbonyl (C=O) groups is 2. The van der Waals surface area contributed by atoms with Crippen LogP contribution in [-0.4, -0.2) is 54.1 Å². The predicted octanol–water partition coefficient (Wildman–Crippen LogP) is 3.20. The van der Waals surface area contributed by atoms with Crippen LogP contribution in [0.25, 0.3) is 0 Å². The van der Waals surface area contributed by atoms with Crippen molar-refractivity contribution in [1.29, 1.82) is 0 Å².